The first-order chi connectivity index (χ1) is 10.5. The van der Waals surface area contributed by atoms with Crippen molar-refractivity contribution in [2.75, 3.05) is 0 Å². The van der Waals surface area contributed by atoms with Gasteiger partial charge >= 0.3 is 0 Å². The van der Waals surface area contributed by atoms with Crippen molar-refractivity contribution in [3.63, 3.8) is 0 Å². The van der Waals surface area contributed by atoms with Gasteiger partial charge in [-0.2, -0.15) is 0 Å². The maximum Gasteiger partial charge on any atom is 0.119 e. The minimum absolute atomic E-state index is 0.368. The van der Waals surface area contributed by atoms with E-state index in [-0.39, 0.29) is 0 Å². The molecule has 0 amide bonds. The van der Waals surface area contributed by atoms with Crippen molar-refractivity contribution in [1.82, 2.24) is 0 Å². The number of hydrogen-bond donors (Lipinski definition) is 2. The van der Waals surface area contributed by atoms with Crippen molar-refractivity contribution in [2.45, 2.75) is 52.9 Å². The molecule has 0 aliphatic heterocycles. The Morgan fingerprint density at radius 2 is 1.68 bits per heavy atom. The Bertz CT molecular complexity index is 574. The Labute approximate surface area is 134 Å². The van der Waals surface area contributed by atoms with E-state index in [4.69, 9.17) is 5.11 Å². The van der Waals surface area contributed by atoms with Crippen LogP contribution in [-0.2, 0) is 6.42 Å². The summed E-state index contributed by atoms with van der Waals surface area (Å²) in [6.07, 6.45) is 3.58. The number of para-hydroxylation sites is 1. The maximum absolute atomic E-state index is 9.28. The van der Waals surface area contributed by atoms with Crippen molar-refractivity contribution in [2.24, 2.45) is 0 Å². The zero-order valence-corrected chi connectivity index (χ0v) is 14.1. The smallest absolute Gasteiger partial charge is 0.119 e. The molecule has 2 aromatic carbocycles. The summed E-state index contributed by atoms with van der Waals surface area (Å²) in [7, 11) is 0. The fraction of sp³-hybridized carbons (Fsp3) is 0.400. The summed E-state index contributed by atoms with van der Waals surface area (Å²) in [6, 6.07) is 13.0. The number of aromatic hydroxyl groups is 2. The molecule has 2 heteroatoms. The van der Waals surface area contributed by atoms with Gasteiger partial charge in [0, 0.05) is 0 Å². The fourth-order valence-corrected chi connectivity index (χ4v) is 2.30. The van der Waals surface area contributed by atoms with E-state index in [1.807, 2.05) is 37.3 Å². The number of benzene rings is 2. The molecule has 2 aromatic rings. The van der Waals surface area contributed by atoms with E-state index in [1.54, 1.807) is 12.1 Å². The van der Waals surface area contributed by atoms with Gasteiger partial charge in [0.15, 0.2) is 0 Å². The Hall–Kier alpha value is -1.96. The van der Waals surface area contributed by atoms with E-state index in [0.717, 1.165) is 12.0 Å². The first-order valence-electron chi connectivity index (χ1n) is 8.02. The standard InChI is InChI=1S/C11H16O.C9H12O/c1-3-4-5-10-6-7-11(12)8-9(10)2;1-7(2)8-5-3-4-6-9(8)10/h6-8,12H,3-5H2,1-2H3;3-7,10H,1-2H3. The third-order valence-corrected chi connectivity index (χ3v) is 3.68. The van der Waals surface area contributed by atoms with E-state index in [1.165, 1.54) is 24.0 Å². The predicted octanol–water partition coefficient (Wildman–Crippen LogP) is 5.56. The molecule has 0 heterocycles. The topological polar surface area (TPSA) is 40.5 Å². The van der Waals surface area contributed by atoms with Crippen LogP contribution in [0.2, 0.25) is 0 Å². The van der Waals surface area contributed by atoms with Crippen LogP contribution >= 0.6 is 0 Å². The van der Waals surface area contributed by atoms with Gasteiger partial charge in [-0.15, -0.1) is 0 Å². The molecular weight excluding hydrogens is 272 g/mol. The number of hydrogen-bond acceptors (Lipinski definition) is 2. The first kappa shape index (κ1) is 18.1. The van der Waals surface area contributed by atoms with Gasteiger partial charge in [0.25, 0.3) is 0 Å². The molecule has 0 fully saturated rings. The van der Waals surface area contributed by atoms with E-state index >= 15 is 0 Å². The molecule has 22 heavy (non-hydrogen) atoms. The van der Waals surface area contributed by atoms with Crippen molar-refractivity contribution in [3.8, 4) is 11.5 Å². The molecule has 0 saturated heterocycles. The minimum atomic E-state index is 0.368. The van der Waals surface area contributed by atoms with Gasteiger partial charge in [0.1, 0.15) is 11.5 Å². The second-order valence-electron chi connectivity index (χ2n) is 5.93. The quantitative estimate of drug-likeness (QED) is 0.776. The van der Waals surface area contributed by atoms with Gasteiger partial charge in [-0.1, -0.05) is 51.5 Å². The van der Waals surface area contributed by atoms with Gasteiger partial charge in [-0.25, -0.2) is 0 Å². The largest absolute Gasteiger partial charge is 0.508 e. The Morgan fingerprint density at radius 3 is 2.18 bits per heavy atom. The summed E-state index contributed by atoms with van der Waals surface area (Å²) in [5.74, 6) is 1.17. The molecule has 0 radical (unpaired) electrons. The molecule has 0 atom stereocenters. The van der Waals surface area contributed by atoms with Crippen LogP contribution in [0.15, 0.2) is 42.5 Å². The lowest BCUT2D eigenvalue weighted by Gasteiger charge is -2.05. The van der Waals surface area contributed by atoms with E-state index in [9.17, 15) is 5.11 Å². The van der Waals surface area contributed by atoms with Crippen molar-refractivity contribution in [3.05, 3.63) is 59.2 Å². The summed E-state index contributed by atoms with van der Waals surface area (Å²) in [5, 5.41) is 18.4. The third-order valence-electron chi connectivity index (χ3n) is 3.68. The molecule has 120 valence electrons. The van der Waals surface area contributed by atoms with E-state index < -0.39 is 0 Å². The molecular formula is C20H28O2. The zero-order valence-electron chi connectivity index (χ0n) is 14.1. The first-order valence-corrected chi connectivity index (χ1v) is 8.02. The van der Waals surface area contributed by atoms with Crippen LogP contribution in [0.4, 0.5) is 0 Å². The molecule has 0 aliphatic rings. The number of aryl methyl sites for hydroxylation is 2. The van der Waals surface area contributed by atoms with E-state index in [0.29, 0.717) is 17.4 Å². The fourth-order valence-electron chi connectivity index (χ4n) is 2.30. The second-order valence-corrected chi connectivity index (χ2v) is 5.93. The second kappa shape index (κ2) is 9.14. The van der Waals surface area contributed by atoms with Crippen LogP contribution in [0, 0.1) is 6.92 Å². The van der Waals surface area contributed by atoms with Crippen LogP contribution in [0.25, 0.3) is 0 Å². The molecule has 0 spiro atoms. The van der Waals surface area contributed by atoms with Crippen molar-refractivity contribution in [1.29, 1.82) is 0 Å². The Balaban J connectivity index is 0.000000224. The van der Waals surface area contributed by atoms with Crippen molar-refractivity contribution < 1.29 is 10.2 Å². The lowest BCUT2D eigenvalue weighted by molar-refractivity contribution is 0.465. The number of phenols is 2. The van der Waals surface area contributed by atoms with Gasteiger partial charge in [-0.3, -0.25) is 0 Å². The molecule has 0 aliphatic carbocycles. The highest BCUT2D eigenvalue weighted by Crippen LogP contribution is 2.23. The Kier molecular flexibility index (Phi) is 7.51. The van der Waals surface area contributed by atoms with Gasteiger partial charge in [0.05, 0.1) is 0 Å². The molecule has 0 saturated carbocycles. The van der Waals surface area contributed by atoms with E-state index in [2.05, 4.69) is 20.8 Å². The van der Waals surface area contributed by atoms with Gasteiger partial charge < -0.3 is 10.2 Å². The van der Waals surface area contributed by atoms with Gasteiger partial charge in [-0.05, 0) is 60.6 Å². The lowest BCUT2D eigenvalue weighted by Crippen LogP contribution is -1.88. The summed E-state index contributed by atoms with van der Waals surface area (Å²) in [6.45, 7) is 8.37. The molecule has 0 unspecified atom stereocenters. The maximum atomic E-state index is 9.28. The summed E-state index contributed by atoms with van der Waals surface area (Å²) >= 11 is 0. The third kappa shape index (κ3) is 5.80. The molecule has 2 nitrogen and oxygen atoms in total. The van der Waals surface area contributed by atoms with Crippen LogP contribution in [0.5, 0.6) is 11.5 Å². The predicted molar refractivity (Wildman–Crippen MR) is 93.7 cm³/mol. The minimum Gasteiger partial charge on any atom is -0.508 e. The molecule has 0 aromatic heterocycles. The summed E-state index contributed by atoms with van der Waals surface area (Å²) < 4.78 is 0. The highest BCUT2D eigenvalue weighted by Gasteiger charge is 2.02. The number of phenolic OH excluding ortho intramolecular Hbond substituents is 2. The molecule has 0 bridgehead atoms. The monoisotopic (exact) mass is 300 g/mol. The lowest BCUT2D eigenvalue weighted by atomic mass is 10.0. The van der Waals surface area contributed by atoms with Crippen LogP contribution in [0.1, 0.15) is 56.2 Å². The van der Waals surface area contributed by atoms with Crippen LogP contribution in [-0.4, -0.2) is 10.2 Å². The normalized spacial score (nSPS) is 10.2. The number of unbranched alkanes of at least 4 members (excludes halogenated alkanes) is 1. The van der Waals surface area contributed by atoms with Crippen LogP contribution in [0.3, 0.4) is 0 Å². The average molecular weight is 300 g/mol. The highest BCUT2D eigenvalue weighted by molar-refractivity contribution is 5.34. The average Bonchev–Trinajstić information content (AvgIpc) is 2.47. The summed E-state index contributed by atoms with van der Waals surface area (Å²) in [4.78, 5) is 0. The summed E-state index contributed by atoms with van der Waals surface area (Å²) in [5.41, 5.74) is 3.57. The number of rotatable bonds is 4. The zero-order chi connectivity index (χ0) is 16.5. The molecule has 2 N–H and O–H groups in total. The van der Waals surface area contributed by atoms with Gasteiger partial charge in [0.2, 0.25) is 0 Å². The van der Waals surface area contributed by atoms with Crippen LogP contribution < -0.4 is 0 Å². The van der Waals surface area contributed by atoms with Crippen molar-refractivity contribution >= 4 is 0 Å². The molecule has 2 rings (SSSR count). The Morgan fingerprint density at radius 1 is 1.00 bits per heavy atom. The SMILES string of the molecule is CC(C)c1ccccc1O.CCCCc1ccc(O)cc1C. The highest BCUT2D eigenvalue weighted by atomic mass is 16.3.